The van der Waals surface area contributed by atoms with Gasteiger partial charge in [-0.1, -0.05) is 35.9 Å². The fourth-order valence-electron chi connectivity index (χ4n) is 1.65. The third-order valence-electron chi connectivity index (χ3n) is 2.72. The number of carbonyl (C=O) groups excluding carboxylic acids is 1. The minimum atomic E-state index is -0.574. The molecule has 0 aromatic heterocycles. The van der Waals surface area contributed by atoms with E-state index in [1.165, 1.54) is 24.1 Å². The molecule has 0 aliphatic carbocycles. The molecule has 0 bridgehead atoms. The molecule has 0 aliphatic heterocycles. The van der Waals surface area contributed by atoms with E-state index in [1.807, 2.05) is 6.07 Å². The summed E-state index contributed by atoms with van der Waals surface area (Å²) in [4.78, 5) is 13.1. The van der Waals surface area contributed by atoms with Crippen molar-refractivity contribution in [3.05, 3.63) is 64.9 Å². The number of para-hydroxylation sites is 1. The Labute approximate surface area is 121 Å². The zero-order valence-electron chi connectivity index (χ0n) is 10.8. The van der Waals surface area contributed by atoms with Gasteiger partial charge in [0.15, 0.2) is 0 Å². The van der Waals surface area contributed by atoms with Crippen molar-refractivity contribution in [3.8, 4) is 5.75 Å². The zero-order valence-corrected chi connectivity index (χ0v) is 11.6. The van der Waals surface area contributed by atoms with Crippen molar-refractivity contribution < 1.29 is 13.9 Å². The van der Waals surface area contributed by atoms with E-state index >= 15 is 0 Å². The fraction of sp³-hybridized carbons (Fsp3) is 0.133. The average Bonchev–Trinajstić information content (AvgIpc) is 2.44. The maximum atomic E-state index is 13.6. The Balaban J connectivity index is 2.05. The molecule has 0 N–H and O–H groups in total. The summed E-state index contributed by atoms with van der Waals surface area (Å²) in [6.07, 6.45) is -0.574. The van der Waals surface area contributed by atoms with Gasteiger partial charge in [-0.2, -0.15) is 0 Å². The Bertz CT molecular complexity index is 584. The molecular weight excluding hydrogens is 281 g/mol. The molecule has 0 aliphatic rings. The molecule has 20 heavy (non-hydrogen) atoms. The average molecular weight is 294 g/mol. The van der Waals surface area contributed by atoms with Gasteiger partial charge in [0.05, 0.1) is 6.54 Å². The van der Waals surface area contributed by atoms with Crippen LogP contribution in [-0.4, -0.2) is 18.0 Å². The van der Waals surface area contributed by atoms with Crippen LogP contribution in [0.5, 0.6) is 5.75 Å². The highest BCUT2D eigenvalue weighted by atomic mass is 35.5. The van der Waals surface area contributed by atoms with Gasteiger partial charge in [-0.15, -0.1) is 0 Å². The van der Waals surface area contributed by atoms with E-state index in [0.29, 0.717) is 5.75 Å². The molecule has 2 aromatic rings. The Kier molecular flexibility index (Phi) is 4.58. The van der Waals surface area contributed by atoms with Gasteiger partial charge in [-0.25, -0.2) is 9.18 Å². The Morgan fingerprint density at radius 3 is 2.55 bits per heavy atom. The maximum Gasteiger partial charge on any atom is 0.415 e. The third kappa shape index (κ3) is 3.48. The molecule has 0 radical (unpaired) electrons. The van der Waals surface area contributed by atoms with Crippen molar-refractivity contribution in [1.82, 2.24) is 4.90 Å². The predicted octanol–water partition coefficient (Wildman–Crippen LogP) is 4.11. The van der Waals surface area contributed by atoms with Crippen LogP contribution in [0.25, 0.3) is 0 Å². The first-order valence-electron chi connectivity index (χ1n) is 5.99. The predicted molar refractivity (Wildman–Crippen MR) is 75.3 cm³/mol. The maximum absolute atomic E-state index is 13.6. The fourth-order valence-corrected chi connectivity index (χ4v) is 1.88. The van der Waals surface area contributed by atoms with E-state index < -0.39 is 11.9 Å². The number of amides is 1. The van der Waals surface area contributed by atoms with Crippen molar-refractivity contribution >= 4 is 17.7 Å². The summed E-state index contributed by atoms with van der Waals surface area (Å²) in [5, 5.41) is 0.282. The smallest absolute Gasteiger partial charge is 0.410 e. The largest absolute Gasteiger partial charge is 0.415 e. The minimum absolute atomic E-state index is 0.0389. The lowest BCUT2D eigenvalue weighted by atomic mass is 10.2. The summed E-state index contributed by atoms with van der Waals surface area (Å²) in [5.74, 6) is -0.0131. The second-order valence-electron chi connectivity index (χ2n) is 4.24. The Morgan fingerprint density at radius 1 is 1.20 bits per heavy atom. The van der Waals surface area contributed by atoms with E-state index in [4.69, 9.17) is 16.3 Å². The summed E-state index contributed by atoms with van der Waals surface area (Å²) in [6, 6.07) is 13.1. The summed E-state index contributed by atoms with van der Waals surface area (Å²) >= 11 is 5.92. The Hall–Kier alpha value is -2.07. The SMILES string of the molecule is CN(Cc1c(F)cccc1Cl)C(=O)Oc1ccccc1. The summed E-state index contributed by atoms with van der Waals surface area (Å²) < 4.78 is 18.8. The summed E-state index contributed by atoms with van der Waals surface area (Å²) in [7, 11) is 1.52. The van der Waals surface area contributed by atoms with Gasteiger partial charge in [-0.3, -0.25) is 0 Å². The van der Waals surface area contributed by atoms with Crippen LogP contribution in [0.2, 0.25) is 5.02 Å². The number of carbonyl (C=O) groups is 1. The molecule has 0 fully saturated rings. The number of hydrogen-bond donors (Lipinski definition) is 0. The molecule has 104 valence electrons. The lowest BCUT2D eigenvalue weighted by molar-refractivity contribution is 0.160. The molecule has 0 unspecified atom stereocenters. The summed E-state index contributed by atoms with van der Waals surface area (Å²) in [6.45, 7) is 0.0389. The number of halogens is 2. The van der Waals surface area contributed by atoms with Crippen LogP contribution >= 0.6 is 11.6 Å². The van der Waals surface area contributed by atoms with Crippen molar-refractivity contribution in [2.45, 2.75) is 6.54 Å². The number of rotatable bonds is 3. The highest BCUT2D eigenvalue weighted by Gasteiger charge is 2.15. The van der Waals surface area contributed by atoms with Crippen LogP contribution in [0.4, 0.5) is 9.18 Å². The minimum Gasteiger partial charge on any atom is -0.410 e. The second-order valence-corrected chi connectivity index (χ2v) is 4.64. The van der Waals surface area contributed by atoms with Gasteiger partial charge in [-0.05, 0) is 24.3 Å². The first-order chi connectivity index (χ1) is 9.58. The van der Waals surface area contributed by atoms with Gasteiger partial charge in [0.1, 0.15) is 11.6 Å². The van der Waals surface area contributed by atoms with Crippen LogP contribution < -0.4 is 4.74 Å². The second kappa shape index (κ2) is 6.39. The molecule has 0 spiro atoms. The normalized spacial score (nSPS) is 10.2. The van der Waals surface area contributed by atoms with E-state index in [-0.39, 0.29) is 17.1 Å². The van der Waals surface area contributed by atoms with Gasteiger partial charge in [0.25, 0.3) is 0 Å². The van der Waals surface area contributed by atoms with Crippen LogP contribution in [0.3, 0.4) is 0 Å². The van der Waals surface area contributed by atoms with Crippen molar-refractivity contribution in [1.29, 1.82) is 0 Å². The number of nitrogens with zero attached hydrogens (tertiary/aromatic N) is 1. The third-order valence-corrected chi connectivity index (χ3v) is 3.07. The first kappa shape index (κ1) is 14.3. The molecule has 0 saturated carbocycles. The van der Waals surface area contributed by atoms with E-state index in [1.54, 1.807) is 30.3 Å². The van der Waals surface area contributed by atoms with Gasteiger partial charge < -0.3 is 9.64 Å². The van der Waals surface area contributed by atoms with Crippen molar-refractivity contribution in [2.24, 2.45) is 0 Å². The van der Waals surface area contributed by atoms with E-state index in [0.717, 1.165) is 0 Å². The molecule has 0 atom stereocenters. The highest BCUT2D eigenvalue weighted by molar-refractivity contribution is 6.31. The van der Waals surface area contributed by atoms with Gasteiger partial charge in [0.2, 0.25) is 0 Å². The lowest BCUT2D eigenvalue weighted by Gasteiger charge is -2.17. The molecule has 5 heteroatoms. The summed E-state index contributed by atoms with van der Waals surface area (Å²) in [5.41, 5.74) is 0.265. The van der Waals surface area contributed by atoms with E-state index in [2.05, 4.69) is 0 Å². The Morgan fingerprint density at radius 2 is 1.90 bits per heavy atom. The molecular formula is C15H13ClFNO2. The van der Waals surface area contributed by atoms with Crippen LogP contribution in [0, 0.1) is 5.82 Å². The van der Waals surface area contributed by atoms with Gasteiger partial charge in [0, 0.05) is 17.6 Å². The standard InChI is InChI=1S/C15H13ClFNO2/c1-18(10-12-13(16)8-5-9-14(12)17)15(19)20-11-6-3-2-4-7-11/h2-9H,10H2,1H3. The topological polar surface area (TPSA) is 29.5 Å². The molecule has 0 heterocycles. The molecule has 3 nitrogen and oxygen atoms in total. The van der Waals surface area contributed by atoms with Crippen LogP contribution in [0.15, 0.2) is 48.5 Å². The van der Waals surface area contributed by atoms with Crippen molar-refractivity contribution in [3.63, 3.8) is 0 Å². The number of ether oxygens (including phenoxy) is 1. The zero-order chi connectivity index (χ0) is 14.5. The van der Waals surface area contributed by atoms with Crippen LogP contribution in [-0.2, 0) is 6.54 Å². The number of benzene rings is 2. The number of hydrogen-bond acceptors (Lipinski definition) is 2. The van der Waals surface area contributed by atoms with Gasteiger partial charge >= 0.3 is 6.09 Å². The monoisotopic (exact) mass is 293 g/mol. The lowest BCUT2D eigenvalue weighted by Crippen LogP contribution is -2.29. The highest BCUT2D eigenvalue weighted by Crippen LogP contribution is 2.20. The van der Waals surface area contributed by atoms with Crippen molar-refractivity contribution in [2.75, 3.05) is 7.05 Å². The first-order valence-corrected chi connectivity index (χ1v) is 6.36. The molecule has 0 saturated heterocycles. The quantitative estimate of drug-likeness (QED) is 0.852. The van der Waals surface area contributed by atoms with E-state index in [9.17, 15) is 9.18 Å². The molecule has 2 aromatic carbocycles. The molecule has 1 amide bonds. The molecule has 2 rings (SSSR count). The van der Waals surface area contributed by atoms with Crippen LogP contribution in [0.1, 0.15) is 5.56 Å².